The number of benzene rings is 2. The number of methoxy groups -OCH3 is 2. The smallest absolute Gasteiger partial charge is 0.243 e. The lowest BCUT2D eigenvalue weighted by Gasteiger charge is -2.24. The van der Waals surface area contributed by atoms with Gasteiger partial charge in [-0.2, -0.15) is 5.10 Å². The van der Waals surface area contributed by atoms with Crippen molar-refractivity contribution in [3.8, 4) is 11.5 Å². The molecule has 1 aliphatic rings. The van der Waals surface area contributed by atoms with E-state index in [0.29, 0.717) is 23.6 Å². The summed E-state index contributed by atoms with van der Waals surface area (Å²) in [5.74, 6) is 0.808. The predicted molar refractivity (Wildman–Crippen MR) is 127 cm³/mol. The second-order valence-electron chi connectivity index (χ2n) is 7.75. The summed E-state index contributed by atoms with van der Waals surface area (Å²) >= 11 is 1.72. The van der Waals surface area contributed by atoms with Crippen LogP contribution in [0, 0.1) is 6.92 Å². The summed E-state index contributed by atoms with van der Waals surface area (Å²) in [6.45, 7) is 2.68. The van der Waals surface area contributed by atoms with E-state index < -0.39 is 0 Å². The fraction of sp³-hybridized carbons (Fsp3) is 0.320. The Morgan fingerprint density at radius 1 is 1.06 bits per heavy atom. The van der Waals surface area contributed by atoms with E-state index in [1.807, 2.05) is 0 Å². The minimum Gasteiger partial charge on any atom is -0.493 e. The van der Waals surface area contributed by atoms with Crippen LogP contribution in [0.1, 0.15) is 47.2 Å². The zero-order valence-corrected chi connectivity index (χ0v) is 19.3. The number of hydrogen-bond donors (Lipinski definition) is 0. The van der Waals surface area contributed by atoms with Crippen LogP contribution in [-0.2, 0) is 4.79 Å². The predicted octanol–water partition coefficient (Wildman–Crippen LogP) is 5.22. The monoisotopic (exact) mass is 450 g/mol. The van der Waals surface area contributed by atoms with Crippen LogP contribution in [0.15, 0.2) is 46.9 Å². The molecular formula is C25H26N2O4S. The fourth-order valence-corrected chi connectivity index (χ4v) is 4.87. The standard InChI is InChI=1S/C25H26N2O4S/c1-16-6-8-18(19-12-14-32-25(16)19)20-5-4-13-27(26-20)24(29)11-9-21(28)17-7-10-22(30-2)23(15-17)31-3/h6-8,10,12,14-15H,4-5,9,11,13H2,1-3H3. The van der Waals surface area contributed by atoms with Crippen LogP contribution in [0.4, 0.5) is 0 Å². The third-order valence-corrected chi connectivity index (χ3v) is 6.76. The molecule has 4 rings (SSSR count). The molecule has 1 aromatic heterocycles. The maximum Gasteiger partial charge on any atom is 0.243 e. The summed E-state index contributed by atoms with van der Waals surface area (Å²) in [5, 5.41) is 9.47. The number of ketones is 1. The lowest BCUT2D eigenvalue weighted by atomic mass is 9.99. The first kappa shape index (κ1) is 22.0. The number of hydrazone groups is 1. The van der Waals surface area contributed by atoms with Gasteiger partial charge in [-0.3, -0.25) is 9.59 Å². The van der Waals surface area contributed by atoms with Gasteiger partial charge in [-0.15, -0.1) is 11.3 Å². The van der Waals surface area contributed by atoms with Gasteiger partial charge in [-0.05, 0) is 55.0 Å². The SMILES string of the molecule is COc1ccc(C(=O)CCC(=O)N2CCCC(c3ccc(C)c4sccc34)=N2)cc1OC. The van der Waals surface area contributed by atoms with Crippen molar-refractivity contribution < 1.29 is 19.1 Å². The molecule has 1 amide bonds. The molecule has 166 valence electrons. The molecule has 0 radical (unpaired) electrons. The summed E-state index contributed by atoms with van der Waals surface area (Å²) in [5.41, 5.74) is 3.76. The van der Waals surface area contributed by atoms with Gasteiger partial charge in [0.1, 0.15) is 0 Å². The number of thiophene rings is 1. The first-order valence-electron chi connectivity index (χ1n) is 10.6. The average molecular weight is 451 g/mol. The van der Waals surface area contributed by atoms with Gasteiger partial charge in [0.25, 0.3) is 0 Å². The fourth-order valence-electron chi connectivity index (χ4n) is 3.97. The molecular weight excluding hydrogens is 424 g/mol. The first-order valence-corrected chi connectivity index (χ1v) is 11.5. The number of carbonyl (C=O) groups excluding carboxylic acids is 2. The van der Waals surface area contributed by atoms with Crippen molar-refractivity contribution in [1.29, 1.82) is 0 Å². The molecule has 0 unspecified atom stereocenters. The summed E-state index contributed by atoms with van der Waals surface area (Å²) < 4.78 is 11.7. The quantitative estimate of drug-likeness (QED) is 0.463. The van der Waals surface area contributed by atoms with Gasteiger partial charge in [0, 0.05) is 40.6 Å². The Balaban J connectivity index is 1.46. The summed E-state index contributed by atoms with van der Waals surface area (Å²) in [6, 6.07) is 11.4. The van der Waals surface area contributed by atoms with Crippen molar-refractivity contribution in [3.05, 3.63) is 58.5 Å². The summed E-state index contributed by atoms with van der Waals surface area (Å²) in [7, 11) is 3.07. The molecule has 2 heterocycles. The third-order valence-electron chi connectivity index (χ3n) is 5.71. The summed E-state index contributed by atoms with van der Waals surface area (Å²) in [4.78, 5) is 25.5. The minimum absolute atomic E-state index is 0.112. The minimum atomic E-state index is -0.135. The topological polar surface area (TPSA) is 68.2 Å². The highest BCUT2D eigenvalue weighted by Crippen LogP contribution is 2.30. The summed E-state index contributed by atoms with van der Waals surface area (Å²) in [6.07, 6.45) is 1.93. The maximum absolute atomic E-state index is 12.8. The Labute approximate surface area is 191 Å². The Bertz CT molecular complexity index is 1200. The molecule has 0 aliphatic carbocycles. The van der Waals surface area contributed by atoms with Crippen LogP contribution in [-0.4, -0.2) is 43.2 Å². The molecule has 3 aromatic rings. The lowest BCUT2D eigenvalue weighted by molar-refractivity contribution is -0.131. The number of rotatable bonds is 7. The number of Topliss-reactive ketones (excluding diaryl/α,β-unsaturated/α-hetero) is 1. The van der Waals surface area contributed by atoms with Gasteiger partial charge in [0.05, 0.1) is 19.9 Å². The number of aryl methyl sites for hydroxylation is 1. The maximum atomic E-state index is 12.8. The van der Waals surface area contributed by atoms with Crippen molar-refractivity contribution in [3.63, 3.8) is 0 Å². The normalized spacial score (nSPS) is 13.7. The van der Waals surface area contributed by atoms with E-state index in [1.54, 1.807) is 36.6 Å². The highest BCUT2D eigenvalue weighted by molar-refractivity contribution is 7.17. The second-order valence-corrected chi connectivity index (χ2v) is 8.67. The number of ether oxygens (including phenoxy) is 2. The highest BCUT2D eigenvalue weighted by Gasteiger charge is 2.22. The lowest BCUT2D eigenvalue weighted by Crippen LogP contribution is -2.32. The number of nitrogens with zero attached hydrogens (tertiary/aromatic N) is 2. The van der Waals surface area contributed by atoms with E-state index in [0.717, 1.165) is 24.1 Å². The van der Waals surface area contributed by atoms with Crippen LogP contribution < -0.4 is 9.47 Å². The number of amides is 1. The van der Waals surface area contributed by atoms with Gasteiger partial charge in [-0.25, -0.2) is 5.01 Å². The van der Waals surface area contributed by atoms with E-state index in [4.69, 9.17) is 9.47 Å². The van der Waals surface area contributed by atoms with Crippen LogP contribution in [0.5, 0.6) is 11.5 Å². The number of hydrogen-bond acceptors (Lipinski definition) is 6. The molecule has 6 nitrogen and oxygen atoms in total. The molecule has 0 fully saturated rings. The van der Waals surface area contributed by atoms with Crippen molar-refractivity contribution in [1.82, 2.24) is 5.01 Å². The molecule has 0 atom stereocenters. The molecule has 32 heavy (non-hydrogen) atoms. The molecule has 0 N–H and O–H groups in total. The van der Waals surface area contributed by atoms with Crippen molar-refractivity contribution in [2.45, 2.75) is 32.6 Å². The Kier molecular flexibility index (Phi) is 6.55. The zero-order valence-electron chi connectivity index (χ0n) is 18.5. The number of carbonyl (C=O) groups is 2. The van der Waals surface area contributed by atoms with Crippen molar-refractivity contribution >= 4 is 38.8 Å². The Morgan fingerprint density at radius 2 is 1.88 bits per heavy atom. The van der Waals surface area contributed by atoms with E-state index in [1.165, 1.54) is 27.8 Å². The van der Waals surface area contributed by atoms with Crippen molar-refractivity contribution in [2.75, 3.05) is 20.8 Å². The Morgan fingerprint density at radius 3 is 2.66 bits per heavy atom. The average Bonchev–Trinajstić information content (AvgIpc) is 3.33. The van der Waals surface area contributed by atoms with Crippen LogP contribution in [0.3, 0.4) is 0 Å². The van der Waals surface area contributed by atoms with E-state index in [9.17, 15) is 9.59 Å². The number of fused-ring (bicyclic) bond motifs is 1. The second kappa shape index (κ2) is 9.53. The molecule has 0 spiro atoms. The largest absolute Gasteiger partial charge is 0.493 e. The van der Waals surface area contributed by atoms with Gasteiger partial charge in [0.2, 0.25) is 5.91 Å². The molecule has 7 heteroatoms. The van der Waals surface area contributed by atoms with Gasteiger partial charge < -0.3 is 9.47 Å². The zero-order chi connectivity index (χ0) is 22.7. The van der Waals surface area contributed by atoms with Crippen LogP contribution in [0.25, 0.3) is 10.1 Å². The molecule has 0 saturated carbocycles. The molecule has 1 aliphatic heterocycles. The van der Waals surface area contributed by atoms with E-state index >= 15 is 0 Å². The highest BCUT2D eigenvalue weighted by atomic mass is 32.1. The van der Waals surface area contributed by atoms with Crippen LogP contribution in [0.2, 0.25) is 0 Å². The molecule has 2 aromatic carbocycles. The van der Waals surface area contributed by atoms with Gasteiger partial charge >= 0.3 is 0 Å². The Hall–Kier alpha value is -3.19. The van der Waals surface area contributed by atoms with Crippen molar-refractivity contribution in [2.24, 2.45) is 5.10 Å². The molecule has 0 saturated heterocycles. The first-order chi connectivity index (χ1) is 15.5. The van der Waals surface area contributed by atoms with Crippen LogP contribution >= 0.6 is 11.3 Å². The molecule has 0 bridgehead atoms. The van der Waals surface area contributed by atoms with Gasteiger partial charge in [-0.1, -0.05) is 12.1 Å². The third kappa shape index (κ3) is 4.39. The van der Waals surface area contributed by atoms with Gasteiger partial charge in [0.15, 0.2) is 17.3 Å². The van der Waals surface area contributed by atoms with E-state index in [-0.39, 0.29) is 24.5 Å². The van der Waals surface area contributed by atoms with E-state index in [2.05, 4.69) is 35.6 Å².